The zero-order chi connectivity index (χ0) is 24.2. The highest BCUT2D eigenvalue weighted by atomic mass is 16.2. The molecule has 0 saturated carbocycles. The van der Waals surface area contributed by atoms with E-state index in [-0.39, 0.29) is 11.9 Å². The number of rotatable bonds is 4. The highest BCUT2D eigenvalue weighted by Gasteiger charge is 2.25. The van der Waals surface area contributed by atoms with E-state index in [1.165, 1.54) is 0 Å². The van der Waals surface area contributed by atoms with Gasteiger partial charge in [0, 0.05) is 49.4 Å². The largest absolute Gasteiger partial charge is 0.338 e. The van der Waals surface area contributed by atoms with E-state index in [4.69, 9.17) is 9.97 Å². The Balaban J connectivity index is 1.46. The number of urea groups is 1. The maximum absolute atomic E-state index is 13.2. The summed E-state index contributed by atoms with van der Waals surface area (Å²) in [7, 11) is 0. The molecule has 3 aromatic carbocycles. The van der Waals surface area contributed by atoms with Gasteiger partial charge in [-0.15, -0.1) is 0 Å². The highest BCUT2D eigenvalue weighted by Crippen LogP contribution is 2.31. The van der Waals surface area contributed by atoms with Crippen LogP contribution < -0.4 is 5.32 Å². The van der Waals surface area contributed by atoms with Gasteiger partial charge >= 0.3 is 6.03 Å². The summed E-state index contributed by atoms with van der Waals surface area (Å²) < 4.78 is 0. The fraction of sp³-hybridized carbons (Fsp3) is 0.214. The minimum Gasteiger partial charge on any atom is -0.338 e. The first-order valence-electron chi connectivity index (χ1n) is 11.9. The van der Waals surface area contributed by atoms with Crippen LogP contribution in [-0.4, -0.2) is 64.4 Å². The molecular weight excluding hydrogens is 438 g/mol. The van der Waals surface area contributed by atoms with E-state index in [1.54, 1.807) is 9.80 Å². The van der Waals surface area contributed by atoms with Gasteiger partial charge in [0.1, 0.15) is 0 Å². The first kappa shape index (κ1) is 22.5. The normalized spacial score (nSPS) is 13.6. The third-order valence-electron chi connectivity index (χ3n) is 6.19. The van der Waals surface area contributed by atoms with Crippen LogP contribution in [0.2, 0.25) is 0 Å². The van der Waals surface area contributed by atoms with Crippen LogP contribution in [0.3, 0.4) is 0 Å². The minimum atomic E-state index is -0.0803. The molecular formula is C28H27N5O2. The Kier molecular flexibility index (Phi) is 6.39. The summed E-state index contributed by atoms with van der Waals surface area (Å²) in [5, 5.41) is 2.81. The van der Waals surface area contributed by atoms with Crippen molar-refractivity contribution >= 4 is 23.0 Å². The van der Waals surface area contributed by atoms with Crippen LogP contribution in [0, 0.1) is 0 Å². The average Bonchev–Trinajstić information content (AvgIpc) is 2.93. The number of nitrogens with one attached hydrogen (secondary N) is 1. The van der Waals surface area contributed by atoms with Crippen molar-refractivity contribution < 1.29 is 9.59 Å². The number of benzene rings is 3. The minimum absolute atomic E-state index is 0.0577. The van der Waals surface area contributed by atoms with Crippen molar-refractivity contribution in [2.45, 2.75) is 6.92 Å². The van der Waals surface area contributed by atoms with E-state index in [0.29, 0.717) is 43.8 Å². The lowest BCUT2D eigenvalue weighted by molar-refractivity contribution is 0.0665. The average molecular weight is 466 g/mol. The Hall–Kier alpha value is -4.26. The molecule has 0 radical (unpaired) electrons. The fourth-order valence-corrected chi connectivity index (χ4v) is 4.34. The molecule has 1 aliphatic rings. The lowest BCUT2D eigenvalue weighted by atomic mass is 10.0. The third-order valence-corrected chi connectivity index (χ3v) is 6.19. The fourth-order valence-electron chi connectivity index (χ4n) is 4.34. The topological polar surface area (TPSA) is 78.4 Å². The molecule has 4 aromatic rings. The van der Waals surface area contributed by atoms with Gasteiger partial charge in [0.2, 0.25) is 0 Å². The molecule has 0 spiro atoms. The van der Waals surface area contributed by atoms with Crippen molar-refractivity contribution in [1.82, 2.24) is 25.1 Å². The number of piperazine rings is 1. The molecule has 1 aliphatic heterocycles. The molecule has 0 bridgehead atoms. The Labute approximate surface area is 204 Å². The first-order chi connectivity index (χ1) is 17.1. The van der Waals surface area contributed by atoms with E-state index in [0.717, 1.165) is 28.0 Å². The SMILES string of the molecule is CCNC(=O)N1CCN(C(=O)c2ccc3nc(-c4ccccc4)c(-c4ccccc4)nc3c2)CC1. The molecule has 7 nitrogen and oxygen atoms in total. The predicted octanol–water partition coefficient (Wildman–Crippen LogP) is 4.45. The van der Waals surface area contributed by atoms with Gasteiger partial charge in [-0.05, 0) is 25.1 Å². The quantitative estimate of drug-likeness (QED) is 0.483. The van der Waals surface area contributed by atoms with Crippen LogP contribution in [0.1, 0.15) is 17.3 Å². The van der Waals surface area contributed by atoms with Gasteiger partial charge in [-0.25, -0.2) is 14.8 Å². The number of aromatic nitrogens is 2. The molecule has 7 heteroatoms. The van der Waals surface area contributed by atoms with Crippen LogP contribution in [0.4, 0.5) is 4.79 Å². The molecule has 3 amide bonds. The number of amides is 3. The summed E-state index contributed by atoms with van der Waals surface area (Å²) in [4.78, 5) is 38.8. The summed E-state index contributed by atoms with van der Waals surface area (Å²) in [5.74, 6) is -0.0577. The van der Waals surface area contributed by atoms with Crippen LogP contribution in [0.15, 0.2) is 78.9 Å². The van der Waals surface area contributed by atoms with Crippen LogP contribution in [0.25, 0.3) is 33.5 Å². The van der Waals surface area contributed by atoms with Gasteiger partial charge in [0.15, 0.2) is 0 Å². The molecule has 0 aliphatic carbocycles. The van der Waals surface area contributed by atoms with Crippen molar-refractivity contribution in [1.29, 1.82) is 0 Å². The van der Waals surface area contributed by atoms with Crippen molar-refractivity contribution in [2.75, 3.05) is 32.7 Å². The predicted molar refractivity (Wildman–Crippen MR) is 137 cm³/mol. The monoisotopic (exact) mass is 465 g/mol. The van der Waals surface area contributed by atoms with E-state index in [1.807, 2.05) is 85.8 Å². The zero-order valence-corrected chi connectivity index (χ0v) is 19.6. The number of fused-ring (bicyclic) bond motifs is 1. The van der Waals surface area contributed by atoms with E-state index >= 15 is 0 Å². The Morgan fingerprint density at radius 3 is 1.86 bits per heavy atom. The van der Waals surface area contributed by atoms with Gasteiger partial charge in [-0.2, -0.15) is 0 Å². The van der Waals surface area contributed by atoms with Crippen LogP contribution in [-0.2, 0) is 0 Å². The van der Waals surface area contributed by atoms with Crippen molar-refractivity contribution in [3.8, 4) is 22.5 Å². The summed E-state index contributed by atoms with van der Waals surface area (Å²) in [6.45, 7) is 4.52. The lowest BCUT2D eigenvalue weighted by Crippen LogP contribution is -2.53. The highest BCUT2D eigenvalue weighted by molar-refractivity contribution is 5.98. The molecule has 0 unspecified atom stereocenters. The summed E-state index contributed by atoms with van der Waals surface area (Å²) in [6, 6.07) is 25.4. The number of carbonyl (C=O) groups is 2. The van der Waals surface area contributed by atoms with E-state index < -0.39 is 0 Å². The van der Waals surface area contributed by atoms with Gasteiger partial charge in [0.05, 0.1) is 22.4 Å². The Morgan fingerprint density at radius 2 is 1.29 bits per heavy atom. The van der Waals surface area contributed by atoms with Crippen molar-refractivity contribution in [3.05, 3.63) is 84.4 Å². The molecule has 1 N–H and O–H groups in total. The second-order valence-corrected chi connectivity index (χ2v) is 8.47. The maximum Gasteiger partial charge on any atom is 0.317 e. The Bertz CT molecular complexity index is 1350. The van der Waals surface area contributed by atoms with Gasteiger partial charge < -0.3 is 15.1 Å². The molecule has 1 fully saturated rings. The standard InChI is InChI=1S/C28H27N5O2/c1-2-29-28(35)33-17-15-32(16-18-33)27(34)22-13-14-23-24(19-22)31-26(21-11-7-4-8-12-21)25(30-23)20-9-5-3-6-10-20/h3-14,19H,2,15-18H2,1H3,(H,29,35). The molecule has 1 saturated heterocycles. The molecule has 1 aromatic heterocycles. The van der Waals surface area contributed by atoms with Crippen molar-refractivity contribution in [2.24, 2.45) is 0 Å². The van der Waals surface area contributed by atoms with Gasteiger partial charge in [-0.3, -0.25) is 4.79 Å². The first-order valence-corrected chi connectivity index (χ1v) is 11.9. The molecule has 35 heavy (non-hydrogen) atoms. The molecule has 2 heterocycles. The van der Waals surface area contributed by atoms with Crippen LogP contribution >= 0.6 is 0 Å². The second kappa shape index (κ2) is 9.93. The molecule has 176 valence electrons. The Morgan fingerprint density at radius 1 is 0.743 bits per heavy atom. The van der Waals surface area contributed by atoms with Gasteiger partial charge in [0.25, 0.3) is 5.91 Å². The number of hydrogen-bond acceptors (Lipinski definition) is 4. The lowest BCUT2D eigenvalue weighted by Gasteiger charge is -2.34. The smallest absolute Gasteiger partial charge is 0.317 e. The third kappa shape index (κ3) is 4.71. The van der Waals surface area contributed by atoms with Crippen molar-refractivity contribution in [3.63, 3.8) is 0 Å². The maximum atomic E-state index is 13.2. The summed E-state index contributed by atoms with van der Waals surface area (Å²) in [6.07, 6.45) is 0. The number of nitrogens with zero attached hydrogens (tertiary/aromatic N) is 4. The molecule has 5 rings (SSSR count). The molecule has 0 atom stereocenters. The number of hydrogen-bond donors (Lipinski definition) is 1. The van der Waals surface area contributed by atoms with E-state index in [9.17, 15) is 9.59 Å². The summed E-state index contributed by atoms with van der Waals surface area (Å²) >= 11 is 0. The summed E-state index contributed by atoms with van der Waals surface area (Å²) in [5.41, 5.74) is 5.54. The zero-order valence-electron chi connectivity index (χ0n) is 19.6. The van der Waals surface area contributed by atoms with E-state index in [2.05, 4.69) is 5.32 Å². The van der Waals surface area contributed by atoms with Crippen LogP contribution in [0.5, 0.6) is 0 Å². The number of carbonyl (C=O) groups excluding carboxylic acids is 2. The second-order valence-electron chi connectivity index (χ2n) is 8.47. The van der Waals surface area contributed by atoms with Gasteiger partial charge in [-0.1, -0.05) is 60.7 Å².